The van der Waals surface area contributed by atoms with Crippen molar-refractivity contribution in [3.63, 3.8) is 0 Å². The SMILES string of the molecule is CCCCOC[C@@H](NC)C(=O)N[C@H](C)C(=O)NCC(=O)O. The van der Waals surface area contributed by atoms with Gasteiger partial charge in [-0.1, -0.05) is 13.3 Å². The van der Waals surface area contributed by atoms with Gasteiger partial charge >= 0.3 is 5.97 Å². The van der Waals surface area contributed by atoms with Crippen molar-refractivity contribution in [1.82, 2.24) is 16.0 Å². The minimum Gasteiger partial charge on any atom is -0.480 e. The molecule has 0 aromatic carbocycles. The number of hydrogen-bond donors (Lipinski definition) is 4. The van der Waals surface area contributed by atoms with Crippen LogP contribution in [0.5, 0.6) is 0 Å². The van der Waals surface area contributed by atoms with Crippen LogP contribution in [0.2, 0.25) is 0 Å². The van der Waals surface area contributed by atoms with E-state index < -0.39 is 30.5 Å². The molecule has 122 valence electrons. The van der Waals surface area contributed by atoms with Crippen molar-refractivity contribution in [3.05, 3.63) is 0 Å². The minimum absolute atomic E-state index is 0.214. The van der Waals surface area contributed by atoms with Crippen molar-refractivity contribution in [2.75, 3.05) is 26.8 Å². The molecule has 2 atom stereocenters. The summed E-state index contributed by atoms with van der Waals surface area (Å²) in [6.07, 6.45) is 1.93. The molecule has 2 amide bonds. The van der Waals surface area contributed by atoms with Crippen LogP contribution in [0.1, 0.15) is 26.7 Å². The molecule has 4 N–H and O–H groups in total. The van der Waals surface area contributed by atoms with E-state index in [0.29, 0.717) is 6.61 Å². The summed E-state index contributed by atoms with van der Waals surface area (Å²) >= 11 is 0. The molecule has 0 rings (SSSR count). The van der Waals surface area contributed by atoms with Crippen LogP contribution in [0, 0.1) is 0 Å². The van der Waals surface area contributed by atoms with E-state index in [4.69, 9.17) is 9.84 Å². The van der Waals surface area contributed by atoms with E-state index in [1.165, 1.54) is 6.92 Å². The lowest BCUT2D eigenvalue weighted by molar-refractivity contribution is -0.138. The van der Waals surface area contributed by atoms with Gasteiger partial charge in [-0.3, -0.25) is 14.4 Å². The van der Waals surface area contributed by atoms with E-state index in [1.807, 2.05) is 6.92 Å². The van der Waals surface area contributed by atoms with Gasteiger partial charge < -0.3 is 25.8 Å². The van der Waals surface area contributed by atoms with Crippen LogP contribution in [0.3, 0.4) is 0 Å². The molecule has 21 heavy (non-hydrogen) atoms. The van der Waals surface area contributed by atoms with E-state index in [2.05, 4.69) is 16.0 Å². The van der Waals surface area contributed by atoms with Crippen molar-refractivity contribution in [3.8, 4) is 0 Å². The molecule has 0 radical (unpaired) electrons. The first kappa shape index (κ1) is 19.3. The number of ether oxygens (including phenoxy) is 1. The van der Waals surface area contributed by atoms with Gasteiger partial charge in [-0.05, 0) is 20.4 Å². The van der Waals surface area contributed by atoms with Gasteiger partial charge in [0, 0.05) is 6.61 Å². The van der Waals surface area contributed by atoms with Crippen LogP contribution < -0.4 is 16.0 Å². The fraction of sp³-hybridized carbons (Fsp3) is 0.769. The first-order valence-electron chi connectivity index (χ1n) is 6.97. The number of amides is 2. The predicted molar refractivity (Wildman–Crippen MR) is 76.8 cm³/mol. The molecule has 8 heteroatoms. The molecule has 0 spiro atoms. The van der Waals surface area contributed by atoms with Crippen LogP contribution >= 0.6 is 0 Å². The normalized spacial score (nSPS) is 13.3. The number of unbranched alkanes of at least 4 members (excludes halogenated alkanes) is 1. The number of carboxylic acid groups (broad SMARTS) is 1. The Bertz CT molecular complexity index is 349. The second-order valence-corrected chi connectivity index (χ2v) is 4.61. The smallest absolute Gasteiger partial charge is 0.322 e. The average Bonchev–Trinajstić information content (AvgIpc) is 2.44. The maximum absolute atomic E-state index is 11.9. The number of carboxylic acids is 1. The zero-order valence-corrected chi connectivity index (χ0v) is 12.8. The predicted octanol–water partition coefficient (Wildman–Crippen LogP) is -0.903. The van der Waals surface area contributed by atoms with E-state index in [0.717, 1.165) is 12.8 Å². The molecule has 0 unspecified atom stereocenters. The number of rotatable bonds is 11. The van der Waals surface area contributed by atoms with Crippen molar-refractivity contribution in [2.24, 2.45) is 0 Å². The minimum atomic E-state index is -1.14. The van der Waals surface area contributed by atoms with Crippen LogP contribution in [0.15, 0.2) is 0 Å². The molecular weight excluding hydrogens is 278 g/mol. The summed E-state index contributed by atoms with van der Waals surface area (Å²) in [5.74, 6) is -2.06. The highest BCUT2D eigenvalue weighted by Crippen LogP contribution is 1.93. The molecule has 8 nitrogen and oxygen atoms in total. The topological polar surface area (TPSA) is 117 Å². The molecule has 0 aliphatic rings. The van der Waals surface area contributed by atoms with Crippen molar-refractivity contribution in [1.29, 1.82) is 0 Å². The van der Waals surface area contributed by atoms with Gasteiger partial charge in [0.15, 0.2) is 0 Å². The molecule has 0 aromatic rings. The van der Waals surface area contributed by atoms with E-state index >= 15 is 0 Å². The fourth-order valence-electron chi connectivity index (χ4n) is 1.43. The Labute approximate surface area is 124 Å². The van der Waals surface area contributed by atoms with E-state index in [-0.39, 0.29) is 12.5 Å². The second-order valence-electron chi connectivity index (χ2n) is 4.61. The van der Waals surface area contributed by atoms with Gasteiger partial charge in [0.25, 0.3) is 0 Å². The van der Waals surface area contributed by atoms with Crippen LogP contribution in [-0.4, -0.2) is 61.8 Å². The van der Waals surface area contributed by atoms with Gasteiger partial charge in [0.1, 0.15) is 18.6 Å². The number of carbonyl (C=O) groups is 3. The number of nitrogens with one attached hydrogen (secondary N) is 3. The summed E-state index contributed by atoms with van der Waals surface area (Å²) in [5, 5.41) is 16.0. The molecule has 0 fully saturated rings. The first-order valence-corrected chi connectivity index (χ1v) is 6.97. The largest absolute Gasteiger partial charge is 0.480 e. The van der Waals surface area contributed by atoms with Gasteiger partial charge in [0.05, 0.1) is 6.61 Å². The molecule has 0 aliphatic heterocycles. The molecule has 0 aliphatic carbocycles. The maximum Gasteiger partial charge on any atom is 0.322 e. The highest BCUT2D eigenvalue weighted by molar-refractivity contribution is 5.90. The lowest BCUT2D eigenvalue weighted by Gasteiger charge is -2.19. The van der Waals surface area contributed by atoms with Crippen LogP contribution in [-0.2, 0) is 19.1 Å². The molecular formula is C13H25N3O5. The zero-order valence-electron chi connectivity index (χ0n) is 12.8. The van der Waals surface area contributed by atoms with Crippen LogP contribution in [0.4, 0.5) is 0 Å². The first-order chi connectivity index (χ1) is 9.92. The monoisotopic (exact) mass is 303 g/mol. The third-order valence-electron chi connectivity index (χ3n) is 2.76. The number of hydrogen-bond acceptors (Lipinski definition) is 5. The Morgan fingerprint density at radius 3 is 2.43 bits per heavy atom. The summed E-state index contributed by atoms with van der Waals surface area (Å²) in [7, 11) is 1.63. The Morgan fingerprint density at radius 1 is 1.24 bits per heavy atom. The Balaban J connectivity index is 4.16. The third-order valence-corrected chi connectivity index (χ3v) is 2.76. The van der Waals surface area contributed by atoms with E-state index in [1.54, 1.807) is 7.05 Å². The Kier molecular flexibility index (Phi) is 10.2. The molecule has 0 bridgehead atoms. The van der Waals surface area contributed by atoms with E-state index in [9.17, 15) is 14.4 Å². The fourth-order valence-corrected chi connectivity index (χ4v) is 1.43. The van der Waals surface area contributed by atoms with Gasteiger partial charge in [-0.25, -0.2) is 0 Å². The summed E-state index contributed by atoms with van der Waals surface area (Å²) in [5.41, 5.74) is 0. The van der Waals surface area contributed by atoms with Gasteiger partial charge in [-0.2, -0.15) is 0 Å². The molecule has 0 heterocycles. The zero-order chi connectivity index (χ0) is 16.3. The Morgan fingerprint density at radius 2 is 1.90 bits per heavy atom. The molecule has 0 saturated heterocycles. The van der Waals surface area contributed by atoms with Crippen molar-refractivity contribution in [2.45, 2.75) is 38.8 Å². The number of aliphatic carboxylic acids is 1. The average molecular weight is 303 g/mol. The molecule has 0 saturated carbocycles. The highest BCUT2D eigenvalue weighted by atomic mass is 16.5. The van der Waals surface area contributed by atoms with Gasteiger partial charge in [-0.15, -0.1) is 0 Å². The number of likely N-dealkylation sites (N-methyl/N-ethyl adjacent to an activating group) is 1. The van der Waals surface area contributed by atoms with Crippen LogP contribution in [0.25, 0.3) is 0 Å². The summed E-state index contributed by atoms with van der Waals surface area (Å²) in [4.78, 5) is 33.8. The van der Waals surface area contributed by atoms with Gasteiger partial charge in [0.2, 0.25) is 11.8 Å². The Hall–Kier alpha value is -1.67. The molecule has 0 aromatic heterocycles. The quantitative estimate of drug-likeness (QED) is 0.367. The highest BCUT2D eigenvalue weighted by Gasteiger charge is 2.21. The summed E-state index contributed by atoms with van der Waals surface area (Å²) in [6.45, 7) is 3.85. The summed E-state index contributed by atoms with van der Waals surface area (Å²) < 4.78 is 5.37. The lowest BCUT2D eigenvalue weighted by Crippen LogP contribution is -2.52. The van der Waals surface area contributed by atoms with Crippen molar-refractivity contribution < 1.29 is 24.2 Å². The number of carbonyl (C=O) groups excluding carboxylic acids is 2. The third kappa shape index (κ3) is 8.98. The second kappa shape index (κ2) is 11.0. The maximum atomic E-state index is 11.9. The van der Waals surface area contributed by atoms with Crippen molar-refractivity contribution >= 4 is 17.8 Å². The standard InChI is InChI=1S/C13H25N3O5/c1-4-5-6-21-8-10(14-3)13(20)16-9(2)12(19)15-7-11(17)18/h9-10,14H,4-8H2,1-3H3,(H,15,19)(H,16,20)(H,17,18)/t9-,10-/m1/s1. The summed E-state index contributed by atoms with van der Waals surface area (Å²) in [6, 6.07) is -1.38. The lowest BCUT2D eigenvalue weighted by atomic mass is 10.2.